The van der Waals surface area contributed by atoms with Gasteiger partial charge in [-0.05, 0) is 11.6 Å². The summed E-state index contributed by atoms with van der Waals surface area (Å²) in [5.41, 5.74) is 5.25. The highest BCUT2D eigenvalue weighted by molar-refractivity contribution is 5.79. The Morgan fingerprint density at radius 2 is 2.13 bits per heavy atom. The van der Waals surface area contributed by atoms with Gasteiger partial charge in [-0.2, -0.15) is 8.78 Å². The molecule has 0 saturated carbocycles. The van der Waals surface area contributed by atoms with Gasteiger partial charge < -0.3 is 10.5 Å². The molecule has 3 nitrogen and oxygen atoms in total. The van der Waals surface area contributed by atoms with Crippen molar-refractivity contribution in [1.29, 1.82) is 5.41 Å². The lowest BCUT2D eigenvalue weighted by molar-refractivity contribution is -0.0500. The molecule has 0 aliphatic heterocycles. The molecular weight excluding hydrogens is 209 g/mol. The van der Waals surface area contributed by atoms with Gasteiger partial charge >= 0.3 is 6.61 Å². The first-order chi connectivity index (χ1) is 6.99. The minimum Gasteiger partial charge on any atom is -0.435 e. The summed E-state index contributed by atoms with van der Waals surface area (Å²) in [6.45, 7) is -2.98. The Hall–Kier alpha value is -1.72. The molecule has 0 fully saturated rings. The van der Waals surface area contributed by atoms with E-state index in [4.69, 9.17) is 11.1 Å². The van der Waals surface area contributed by atoms with Crippen molar-refractivity contribution < 1.29 is 17.9 Å². The van der Waals surface area contributed by atoms with Crippen LogP contribution in [-0.2, 0) is 6.42 Å². The summed E-state index contributed by atoms with van der Waals surface area (Å²) >= 11 is 0. The smallest absolute Gasteiger partial charge is 0.387 e. The van der Waals surface area contributed by atoms with Crippen molar-refractivity contribution in [2.24, 2.45) is 5.73 Å². The fourth-order valence-corrected chi connectivity index (χ4v) is 1.05. The number of benzene rings is 1. The minimum atomic E-state index is -2.98. The normalized spacial score (nSPS) is 10.4. The van der Waals surface area contributed by atoms with E-state index in [-0.39, 0.29) is 23.6 Å². The van der Waals surface area contributed by atoms with Crippen molar-refractivity contribution >= 4 is 5.84 Å². The van der Waals surface area contributed by atoms with Gasteiger partial charge in [0, 0.05) is 12.5 Å². The third kappa shape index (κ3) is 3.49. The minimum absolute atomic E-state index is 0.0548. The van der Waals surface area contributed by atoms with E-state index in [1.54, 1.807) is 0 Å². The molecule has 1 rings (SSSR count). The molecule has 82 valence electrons. The Kier molecular flexibility index (Phi) is 3.54. The highest BCUT2D eigenvalue weighted by Gasteiger charge is 2.08. The van der Waals surface area contributed by atoms with Crippen molar-refractivity contribution in [1.82, 2.24) is 0 Å². The number of nitrogens with two attached hydrogens (primary N) is 1. The molecule has 0 amide bonds. The maximum atomic E-state index is 13.2. The molecule has 0 spiro atoms. The van der Waals surface area contributed by atoms with E-state index in [9.17, 15) is 13.2 Å². The van der Waals surface area contributed by atoms with E-state index in [2.05, 4.69) is 4.74 Å². The summed E-state index contributed by atoms with van der Waals surface area (Å²) in [7, 11) is 0. The lowest BCUT2D eigenvalue weighted by atomic mass is 10.1. The molecule has 0 aromatic heterocycles. The van der Waals surface area contributed by atoms with Crippen LogP contribution in [0.15, 0.2) is 18.2 Å². The molecule has 0 aliphatic carbocycles. The van der Waals surface area contributed by atoms with Crippen LogP contribution in [0.25, 0.3) is 0 Å². The van der Waals surface area contributed by atoms with Gasteiger partial charge in [-0.15, -0.1) is 0 Å². The van der Waals surface area contributed by atoms with Gasteiger partial charge in [-0.1, -0.05) is 6.07 Å². The Bertz CT molecular complexity index is 368. The quantitative estimate of drug-likeness (QED) is 0.599. The number of alkyl halides is 2. The first-order valence-corrected chi connectivity index (χ1v) is 4.05. The van der Waals surface area contributed by atoms with Crippen LogP contribution in [0.1, 0.15) is 5.56 Å². The van der Waals surface area contributed by atoms with Crippen LogP contribution in [0.4, 0.5) is 13.2 Å². The third-order valence-corrected chi connectivity index (χ3v) is 1.63. The highest BCUT2D eigenvalue weighted by atomic mass is 19.3. The lowest BCUT2D eigenvalue weighted by Gasteiger charge is -2.06. The zero-order valence-electron chi connectivity index (χ0n) is 7.64. The van der Waals surface area contributed by atoms with Crippen LogP contribution < -0.4 is 10.5 Å². The van der Waals surface area contributed by atoms with Gasteiger partial charge in [0.1, 0.15) is 11.6 Å². The van der Waals surface area contributed by atoms with E-state index in [1.807, 2.05) is 0 Å². The van der Waals surface area contributed by atoms with Crippen molar-refractivity contribution in [3.63, 3.8) is 0 Å². The lowest BCUT2D eigenvalue weighted by Crippen LogP contribution is -2.13. The zero-order valence-corrected chi connectivity index (χ0v) is 7.64. The number of amidine groups is 1. The summed E-state index contributed by atoms with van der Waals surface area (Å²) < 4.78 is 40.7. The fraction of sp³-hybridized carbons (Fsp3) is 0.222. The second-order valence-corrected chi connectivity index (χ2v) is 2.83. The molecule has 15 heavy (non-hydrogen) atoms. The van der Waals surface area contributed by atoms with E-state index in [0.29, 0.717) is 0 Å². The molecule has 0 atom stereocenters. The van der Waals surface area contributed by atoms with Gasteiger partial charge in [0.05, 0.1) is 5.84 Å². The molecule has 0 saturated heterocycles. The van der Waals surface area contributed by atoms with Crippen LogP contribution >= 0.6 is 0 Å². The predicted molar refractivity (Wildman–Crippen MR) is 48.7 cm³/mol. The molecule has 0 aliphatic rings. The molecular formula is C9H9F3N2O. The maximum absolute atomic E-state index is 13.2. The fourth-order valence-electron chi connectivity index (χ4n) is 1.05. The number of hydrogen-bond donors (Lipinski definition) is 2. The van der Waals surface area contributed by atoms with Gasteiger partial charge in [-0.3, -0.25) is 5.41 Å². The Labute approximate surface area is 84.2 Å². The van der Waals surface area contributed by atoms with Crippen molar-refractivity contribution in [3.05, 3.63) is 29.6 Å². The number of rotatable bonds is 4. The van der Waals surface area contributed by atoms with Crippen molar-refractivity contribution in [2.45, 2.75) is 13.0 Å². The predicted octanol–water partition coefficient (Wildman–Crippen LogP) is 1.91. The third-order valence-electron chi connectivity index (χ3n) is 1.63. The SMILES string of the molecule is N=C(N)Cc1ccc(OC(F)F)cc1F. The van der Waals surface area contributed by atoms with Crippen molar-refractivity contribution in [3.8, 4) is 5.75 Å². The van der Waals surface area contributed by atoms with Gasteiger partial charge in [0.2, 0.25) is 0 Å². The maximum Gasteiger partial charge on any atom is 0.387 e. The van der Waals surface area contributed by atoms with Crippen LogP contribution in [0, 0.1) is 11.2 Å². The number of halogens is 3. The van der Waals surface area contributed by atoms with E-state index >= 15 is 0 Å². The summed E-state index contributed by atoms with van der Waals surface area (Å²) in [4.78, 5) is 0. The first kappa shape index (κ1) is 11.4. The number of hydrogen-bond acceptors (Lipinski definition) is 2. The monoisotopic (exact) mass is 218 g/mol. The molecule has 0 bridgehead atoms. The highest BCUT2D eigenvalue weighted by Crippen LogP contribution is 2.18. The van der Waals surface area contributed by atoms with Gasteiger partial charge in [-0.25, -0.2) is 4.39 Å². The summed E-state index contributed by atoms with van der Waals surface area (Å²) in [5.74, 6) is -1.17. The van der Waals surface area contributed by atoms with Crippen LogP contribution in [0.5, 0.6) is 5.75 Å². The zero-order chi connectivity index (χ0) is 11.4. The van der Waals surface area contributed by atoms with Gasteiger partial charge in [0.25, 0.3) is 0 Å². The molecule has 1 aromatic carbocycles. The second kappa shape index (κ2) is 4.68. The van der Waals surface area contributed by atoms with E-state index < -0.39 is 12.4 Å². The largest absolute Gasteiger partial charge is 0.435 e. The molecule has 0 heterocycles. The Balaban J connectivity index is 2.83. The molecule has 0 unspecified atom stereocenters. The standard InChI is InChI=1S/C9H9F3N2O/c10-7-4-6(15-9(11)12)2-1-5(7)3-8(13)14/h1-2,4,9H,3H2,(H3,13,14). The molecule has 0 radical (unpaired) electrons. The summed E-state index contributed by atoms with van der Waals surface area (Å²) in [6.07, 6.45) is -0.0548. The number of nitrogens with one attached hydrogen (secondary N) is 1. The topological polar surface area (TPSA) is 59.1 Å². The van der Waals surface area contributed by atoms with Crippen LogP contribution in [-0.4, -0.2) is 12.4 Å². The number of ether oxygens (including phenoxy) is 1. The van der Waals surface area contributed by atoms with E-state index in [1.165, 1.54) is 12.1 Å². The van der Waals surface area contributed by atoms with Crippen LogP contribution in [0.3, 0.4) is 0 Å². The molecule has 6 heteroatoms. The summed E-state index contributed by atoms with van der Waals surface area (Å²) in [6, 6.07) is 3.30. The molecule has 1 aromatic rings. The van der Waals surface area contributed by atoms with Crippen LogP contribution in [0.2, 0.25) is 0 Å². The first-order valence-electron chi connectivity index (χ1n) is 4.05. The summed E-state index contributed by atoms with van der Waals surface area (Å²) in [5, 5.41) is 6.96. The van der Waals surface area contributed by atoms with Crippen molar-refractivity contribution in [2.75, 3.05) is 0 Å². The van der Waals surface area contributed by atoms with Gasteiger partial charge in [0.15, 0.2) is 0 Å². The second-order valence-electron chi connectivity index (χ2n) is 2.83. The Morgan fingerprint density at radius 1 is 1.47 bits per heavy atom. The Morgan fingerprint density at radius 3 is 2.60 bits per heavy atom. The molecule has 3 N–H and O–H groups in total. The average molecular weight is 218 g/mol. The van der Waals surface area contributed by atoms with E-state index in [0.717, 1.165) is 6.07 Å². The average Bonchev–Trinajstić information content (AvgIpc) is 2.08.